The van der Waals surface area contributed by atoms with Crippen molar-refractivity contribution >= 4 is 54.6 Å². The van der Waals surface area contributed by atoms with Gasteiger partial charge in [0.25, 0.3) is 0 Å². The van der Waals surface area contributed by atoms with Gasteiger partial charge < -0.3 is 8.98 Å². The number of benzene rings is 8. The lowest BCUT2D eigenvalue weighted by molar-refractivity contribution is 0.669. The van der Waals surface area contributed by atoms with E-state index in [-0.39, 0.29) is 0 Å². The monoisotopic (exact) mass is 766 g/mol. The summed E-state index contributed by atoms with van der Waals surface area (Å²) in [6.45, 7) is 0. The summed E-state index contributed by atoms with van der Waals surface area (Å²) in [5, 5.41) is 5.70. The Kier molecular flexibility index (Phi) is 7.78. The minimum Gasteiger partial charge on any atom is -0.454 e. The van der Waals surface area contributed by atoms with Crippen LogP contribution in [0.4, 0.5) is 0 Å². The molecule has 4 aromatic heterocycles. The predicted molar refractivity (Wildman–Crippen MR) is 246 cm³/mol. The standard InChI is InChI=1S/C55H34N4O/c1-3-13-35(14-4-1)40-29-32-46-45(33-40)52-44-19-9-12-22-51(44)60-54(52)53(56-46)38-23-25-39(26-24-38)55-57-47(36-15-5-2-6-16-36)34-48(58-55)37-27-30-41(31-28-37)59-49-20-10-7-17-42(49)43-18-8-11-21-50(43)59/h1-34H. The Morgan fingerprint density at radius 3 is 1.58 bits per heavy atom. The van der Waals surface area contributed by atoms with Crippen LogP contribution in [0.5, 0.6) is 0 Å². The van der Waals surface area contributed by atoms with Crippen LogP contribution in [0.1, 0.15) is 0 Å². The van der Waals surface area contributed by atoms with Gasteiger partial charge in [-0.2, -0.15) is 0 Å². The molecule has 4 heterocycles. The van der Waals surface area contributed by atoms with Crippen molar-refractivity contribution in [2.45, 2.75) is 0 Å². The number of furan rings is 1. The van der Waals surface area contributed by atoms with Gasteiger partial charge in [0, 0.05) is 54.9 Å². The maximum Gasteiger partial charge on any atom is 0.162 e. The van der Waals surface area contributed by atoms with E-state index in [1.807, 2.05) is 36.4 Å². The highest BCUT2D eigenvalue weighted by molar-refractivity contribution is 6.21. The van der Waals surface area contributed by atoms with Gasteiger partial charge in [0.15, 0.2) is 11.4 Å². The number of para-hydroxylation sites is 3. The van der Waals surface area contributed by atoms with Crippen molar-refractivity contribution in [3.63, 3.8) is 0 Å². The molecule has 0 radical (unpaired) electrons. The first-order valence-corrected chi connectivity index (χ1v) is 20.2. The molecule has 8 aromatic carbocycles. The molecule has 280 valence electrons. The topological polar surface area (TPSA) is 56.7 Å². The van der Waals surface area contributed by atoms with E-state index < -0.39 is 0 Å². The Balaban J connectivity index is 0.956. The highest BCUT2D eigenvalue weighted by Crippen LogP contribution is 2.41. The maximum atomic E-state index is 6.62. The van der Waals surface area contributed by atoms with Crippen molar-refractivity contribution in [3.05, 3.63) is 206 Å². The number of fused-ring (bicyclic) bond motifs is 8. The molecule has 5 heteroatoms. The van der Waals surface area contributed by atoms with E-state index in [9.17, 15) is 0 Å². The van der Waals surface area contributed by atoms with Crippen molar-refractivity contribution < 1.29 is 4.42 Å². The van der Waals surface area contributed by atoms with Gasteiger partial charge in [0.2, 0.25) is 0 Å². The predicted octanol–water partition coefficient (Wildman–Crippen LogP) is 14.4. The van der Waals surface area contributed by atoms with Gasteiger partial charge >= 0.3 is 0 Å². The largest absolute Gasteiger partial charge is 0.454 e. The van der Waals surface area contributed by atoms with E-state index in [0.29, 0.717) is 5.82 Å². The highest BCUT2D eigenvalue weighted by Gasteiger charge is 2.19. The van der Waals surface area contributed by atoms with Crippen LogP contribution in [0.2, 0.25) is 0 Å². The number of nitrogens with zero attached hydrogens (tertiary/aromatic N) is 4. The molecule has 0 fully saturated rings. The van der Waals surface area contributed by atoms with Gasteiger partial charge in [-0.1, -0.05) is 158 Å². The smallest absolute Gasteiger partial charge is 0.162 e. The minimum atomic E-state index is 0.651. The third-order valence-electron chi connectivity index (χ3n) is 11.6. The first kappa shape index (κ1) is 33.9. The molecule has 12 aromatic rings. The average molecular weight is 767 g/mol. The second-order valence-corrected chi connectivity index (χ2v) is 15.2. The Bertz CT molecular complexity index is 3520. The van der Waals surface area contributed by atoms with Gasteiger partial charge in [-0.15, -0.1) is 0 Å². The van der Waals surface area contributed by atoms with Crippen LogP contribution in [-0.4, -0.2) is 19.5 Å². The van der Waals surface area contributed by atoms with Crippen LogP contribution in [-0.2, 0) is 0 Å². The first-order valence-electron chi connectivity index (χ1n) is 20.2. The van der Waals surface area contributed by atoms with Crippen LogP contribution in [0.15, 0.2) is 211 Å². The van der Waals surface area contributed by atoms with Gasteiger partial charge in [0.1, 0.15) is 11.3 Å². The van der Waals surface area contributed by atoms with Gasteiger partial charge in [0.05, 0.1) is 27.9 Å². The molecule has 0 aliphatic rings. The van der Waals surface area contributed by atoms with E-state index in [4.69, 9.17) is 19.4 Å². The molecule has 0 amide bonds. The van der Waals surface area contributed by atoms with Crippen LogP contribution < -0.4 is 0 Å². The number of hydrogen-bond acceptors (Lipinski definition) is 4. The maximum absolute atomic E-state index is 6.62. The first-order chi connectivity index (χ1) is 29.7. The summed E-state index contributed by atoms with van der Waals surface area (Å²) in [6.07, 6.45) is 0. The molecule has 0 saturated carbocycles. The third kappa shape index (κ3) is 5.59. The number of hydrogen-bond donors (Lipinski definition) is 0. The Morgan fingerprint density at radius 1 is 0.367 bits per heavy atom. The minimum absolute atomic E-state index is 0.651. The zero-order valence-electron chi connectivity index (χ0n) is 32.3. The second-order valence-electron chi connectivity index (χ2n) is 15.2. The van der Waals surface area contributed by atoms with Gasteiger partial charge in [-0.25, -0.2) is 15.0 Å². The van der Waals surface area contributed by atoms with Crippen LogP contribution in [0, 0.1) is 0 Å². The summed E-state index contributed by atoms with van der Waals surface area (Å²) < 4.78 is 8.96. The van der Waals surface area contributed by atoms with E-state index in [0.717, 1.165) is 89.0 Å². The Morgan fingerprint density at radius 2 is 0.900 bits per heavy atom. The van der Waals surface area contributed by atoms with E-state index in [2.05, 4.69) is 174 Å². The molecule has 5 nitrogen and oxygen atoms in total. The molecule has 0 saturated heterocycles. The van der Waals surface area contributed by atoms with Crippen molar-refractivity contribution in [3.8, 4) is 62.0 Å². The van der Waals surface area contributed by atoms with E-state index in [1.54, 1.807) is 0 Å². The quantitative estimate of drug-likeness (QED) is 0.169. The highest BCUT2D eigenvalue weighted by atomic mass is 16.3. The second kappa shape index (κ2) is 13.8. The Labute approximate surface area is 345 Å². The summed E-state index contributed by atoms with van der Waals surface area (Å²) in [7, 11) is 0. The summed E-state index contributed by atoms with van der Waals surface area (Å²) >= 11 is 0. The van der Waals surface area contributed by atoms with E-state index in [1.165, 1.54) is 21.8 Å². The normalized spacial score (nSPS) is 11.7. The number of pyridine rings is 1. The van der Waals surface area contributed by atoms with E-state index >= 15 is 0 Å². The Hall–Kier alpha value is -8.15. The van der Waals surface area contributed by atoms with Crippen molar-refractivity contribution in [1.82, 2.24) is 19.5 Å². The van der Waals surface area contributed by atoms with Crippen molar-refractivity contribution in [2.24, 2.45) is 0 Å². The van der Waals surface area contributed by atoms with Crippen LogP contribution >= 0.6 is 0 Å². The molecule has 0 spiro atoms. The molecule has 0 atom stereocenters. The molecular formula is C55H34N4O. The van der Waals surface area contributed by atoms with Crippen LogP contribution in [0.3, 0.4) is 0 Å². The molecule has 0 N–H and O–H groups in total. The molecule has 60 heavy (non-hydrogen) atoms. The molecule has 0 unspecified atom stereocenters. The zero-order valence-corrected chi connectivity index (χ0v) is 32.3. The zero-order chi connectivity index (χ0) is 39.6. The van der Waals surface area contributed by atoms with Crippen molar-refractivity contribution in [1.29, 1.82) is 0 Å². The SMILES string of the molecule is c1ccc(-c2ccc3nc(-c4ccc(-c5nc(-c6ccccc6)cc(-c6ccc(-n7c8ccccc8c8ccccc87)cc6)n5)cc4)c4oc5ccccc5c4c3c2)cc1. The molecule has 0 aliphatic heterocycles. The summed E-state index contributed by atoms with van der Waals surface area (Å²) in [4.78, 5) is 15.6. The number of rotatable bonds is 6. The lowest BCUT2D eigenvalue weighted by Gasteiger charge is -2.12. The lowest BCUT2D eigenvalue weighted by Crippen LogP contribution is -1.97. The van der Waals surface area contributed by atoms with Crippen LogP contribution in [0.25, 0.3) is 117 Å². The molecule has 12 rings (SSSR count). The fraction of sp³-hybridized carbons (Fsp3) is 0. The molecule has 0 bridgehead atoms. The molecule has 0 aliphatic carbocycles. The van der Waals surface area contributed by atoms with Gasteiger partial charge in [-0.3, -0.25) is 0 Å². The third-order valence-corrected chi connectivity index (χ3v) is 11.6. The fourth-order valence-electron chi connectivity index (χ4n) is 8.73. The number of aromatic nitrogens is 4. The lowest BCUT2D eigenvalue weighted by atomic mass is 9.98. The fourth-order valence-corrected chi connectivity index (χ4v) is 8.73. The summed E-state index contributed by atoms with van der Waals surface area (Å²) in [6, 6.07) is 71.9. The molecular weight excluding hydrogens is 733 g/mol. The van der Waals surface area contributed by atoms with Crippen molar-refractivity contribution in [2.75, 3.05) is 0 Å². The summed E-state index contributed by atoms with van der Waals surface area (Å²) in [5.41, 5.74) is 14.7. The van der Waals surface area contributed by atoms with Gasteiger partial charge in [-0.05, 0) is 59.7 Å². The summed E-state index contributed by atoms with van der Waals surface area (Å²) in [5.74, 6) is 0.651. The average Bonchev–Trinajstić information content (AvgIpc) is 3.89.